The molecule has 2 rings (SSSR count). The summed E-state index contributed by atoms with van der Waals surface area (Å²) in [6.45, 7) is 2.25. The van der Waals surface area contributed by atoms with Gasteiger partial charge in [0.1, 0.15) is 5.75 Å². The number of amides is 1. The lowest BCUT2D eigenvalue weighted by atomic mass is 10.2. The van der Waals surface area contributed by atoms with E-state index in [4.69, 9.17) is 4.74 Å². The second-order valence-electron chi connectivity index (χ2n) is 4.50. The van der Waals surface area contributed by atoms with Crippen molar-refractivity contribution in [3.8, 4) is 5.75 Å². The molecule has 2 N–H and O–H groups in total. The lowest BCUT2D eigenvalue weighted by molar-refractivity contribution is -0.114. The number of nitrogens with one attached hydrogen (secondary N) is 2. The molecule has 4 heteroatoms. The predicted octanol–water partition coefficient (Wildman–Crippen LogP) is 3.05. The Balaban J connectivity index is 1.87. The molecule has 0 aromatic heterocycles. The fraction of sp³-hybridized carbons (Fsp3) is 0.188. The molecule has 0 saturated heterocycles. The molecule has 0 fully saturated rings. The second kappa shape index (κ2) is 6.61. The van der Waals surface area contributed by atoms with E-state index in [1.807, 2.05) is 49.4 Å². The number of carbonyl (C=O) groups is 1. The van der Waals surface area contributed by atoms with Crippen molar-refractivity contribution in [1.82, 2.24) is 0 Å². The highest BCUT2D eigenvalue weighted by molar-refractivity contribution is 5.93. The third kappa shape index (κ3) is 4.02. The first-order valence-corrected chi connectivity index (χ1v) is 6.42. The molecular formula is C16H18N2O2. The van der Waals surface area contributed by atoms with Gasteiger partial charge in [-0.15, -0.1) is 0 Å². The van der Waals surface area contributed by atoms with Gasteiger partial charge in [-0.3, -0.25) is 4.79 Å². The molecular weight excluding hydrogens is 252 g/mol. The van der Waals surface area contributed by atoms with Crippen LogP contribution in [0.4, 0.5) is 11.4 Å². The Kier molecular flexibility index (Phi) is 4.60. The number of carbonyl (C=O) groups excluding carboxylic acids is 1. The summed E-state index contributed by atoms with van der Waals surface area (Å²) in [5, 5.41) is 5.89. The van der Waals surface area contributed by atoms with Crippen molar-refractivity contribution in [2.45, 2.75) is 6.92 Å². The van der Waals surface area contributed by atoms with Crippen LogP contribution in [-0.4, -0.2) is 19.6 Å². The molecule has 1 amide bonds. The molecule has 0 atom stereocenters. The molecule has 0 heterocycles. The number of methoxy groups -OCH3 is 1. The van der Waals surface area contributed by atoms with Crippen LogP contribution in [0.25, 0.3) is 0 Å². The molecule has 0 aliphatic carbocycles. The van der Waals surface area contributed by atoms with Crippen molar-refractivity contribution >= 4 is 17.3 Å². The maximum atomic E-state index is 11.8. The summed E-state index contributed by atoms with van der Waals surface area (Å²) in [6.07, 6.45) is 0. The summed E-state index contributed by atoms with van der Waals surface area (Å²) < 4.78 is 5.11. The molecule has 0 aliphatic rings. The maximum absolute atomic E-state index is 11.8. The summed E-state index contributed by atoms with van der Waals surface area (Å²) in [4.78, 5) is 11.8. The van der Waals surface area contributed by atoms with Crippen LogP contribution in [0.2, 0.25) is 0 Å². The predicted molar refractivity (Wildman–Crippen MR) is 81.3 cm³/mol. The van der Waals surface area contributed by atoms with Crippen LogP contribution in [0, 0.1) is 6.92 Å². The number of aryl methyl sites for hydroxylation is 1. The van der Waals surface area contributed by atoms with Crippen LogP contribution in [0.1, 0.15) is 5.56 Å². The first-order valence-electron chi connectivity index (χ1n) is 6.42. The van der Waals surface area contributed by atoms with E-state index >= 15 is 0 Å². The number of benzene rings is 2. The zero-order chi connectivity index (χ0) is 14.4. The van der Waals surface area contributed by atoms with Gasteiger partial charge in [-0.05, 0) is 31.2 Å². The molecule has 104 valence electrons. The molecule has 4 nitrogen and oxygen atoms in total. The van der Waals surface area contributed by atoms with E-state index in [0.717, 1.165) is 11.4 Å². The molecule has 0 spiro atoms. The molecule has 2 aromatic carbocycles. The molecule has 20 heavy (non-hydrogen) atoms. The fourth-order valence-electron chi connectivity index (χ4n) is 1.76. The monoisotopic (exact) mass is 270 g/mol. The van der Waals surface area contributed by atoms with Crippen molar-refractivity contribution in [1.29, 1.82) is 0 Å². The van der Waals surface area contributed by atoms with E-state index in [2.05, 4.69) is 10.6 Å². The SMILES string of the molecule is COc1cccc(NC(=O)CNc2ccc(C)cc2)c1. The third-order valence-corrected chi connectivity index (χ3v) is 2.86. The number of hydrogen-bond donors (Lipinski definition) is 2. The van der Waals surface area contributed by atoms with Crippen LogP contribution in [0.15, 0.2) is 48.5 Å². The summed E-state index contributed by atoms with van der Waals surface area (Å²) in [5.41, 5.74) is 2.84. The van der Waals surface area contributed by atoms with E-state index < -0.39 is 0 Å². The van der Waals surface area contributed by atoms with Gasteiger partial charge in [0.25, 0.3) is 0 Å². The Labute approximate surface area is 118 Å². The Morgan fingerprint density at radius 2 is 1.85 bits per heavy atom. The average Bonchev–Trinajstić information content (AvgIpc) is 2.47. The normalized spacial score (nSPS) is 9.90. The summed E-state index contributed by atoms with van der Waals surface area (Å²) in [6, 6.07) is 15.2. The van der Waals surface area contributed by atoms with Gasteiger partial charge in [0.2, 0.25) is 5.91 Å². The minimum Gasteiger partial charge on any atom is -0.497 e. The van der Waals surface area contributed by atoms with Crippen molar-refractivity contribution in [3.63, 3.8) is 0 Å². The topological polar surface area (TPSA) is 50.4 Å². The summed E-state index contributed by atoms with van der Waals surface area (Å²) in [7, 11) is 1.60. The summed E-state index contributed by atoms with van der Waals surface area (Å²) >= 11 is 0. The largest absolute Gasteiger partial charge is 0.497 e. The highest BCUT2D eigenvalue weighted by atomic mass is 16.5. The maximum Gasteiger partial charge on any atom is 0.243 e. The zero-order valence-corrected chi connectivity index (χ0v) is 11.6. The van der Waals surface area contributed by atoms with E-state index in [1.165, 1.54) is 5.56 Å². The lowest BCUT2D eigenvalue weighted by Gasteiger charge is -2.09. The van der Waals surface area contributed by atoms with E-state index in [0.29, 0.717) is 5.75 Å². The van der Waals surface area contributed by atoms with Crippen molar-refractivity contribution < 1.29 is 9.53 Å². The van der Waals surface area contributed by atoms with Crippen LogP contribution in [0.5, 0.6) is 5.75 Å². The second-order valence-corrected chi connectivity index (χ2v) is 4.50. The van der Waals surface area contributed by atoms with Crippen molar-refractivity contribution in [3.05, 3.63) is 54.1 Å². The Morgan fingerprint density at radius 3 is 2.55 bits per heavy atom. The Hall–Kier alpha value is -2.49. The van der Waals surface area contributed by atoms with Gasteiger partial charge < -0.3 is 15.4 Å². The fourth-order valence-corrected chi connectivity index (χ4v) is 1.76. The van der Waals surface area contributed by atoms with Crippen molar-refractivity contribution in [2.75, 3.05) is 24.3 Å². The highest BCUT2D eigenvalue weighted by Gasteiger charge is 2.03. The van der Waals surface area contributed by atoms with E-state index in [1.54, 1.807) is 13.2 Å². The number of ether oxygens (including phenoxy) is 1. The molecule has 0 radical (unpaired) electrons. The Bertz CT molecular complexity index is 579. The van der Waals surface area contributed by atoms with E-state index in [-0.39, 0.29) is 12.5 Å². The van der Waals surface area contributed by atoms with Gasteiger partial charge in [0, 0.05) is 17.4 Å². The van der Waals surface area contributed by atoms with Gasteiger partial charge in [0.05, 0.1) is 13.7 Å². The lowest BCUT2D eigenvalue weighted by Crippen LogP contribution is -2.21. The molecule has 0 saturated carbocycles. The van der Waals surface area contributed by atoms with Crippen molar-refractivity contribution in [2.24, 2.45) is 0 Å². The average molecular weight is 270 g/mol. The van der Waals surface area contributed by atoms with E-state index in [9.17, 15) is 4.79 Å². The Morgan fingerprint density at radius 1 is 1.10 bits per heavy atom. The van der Waals surface area contributed by atoms with Gasteiger partial charge in [-0.2, -0.15) is 0 Å². The molecule has 0 bridgehead atoms. The number of rotatable bonds is 5. The van der Waals surface area contributed by atoms with Gasteiger partial charge in [-0.25, -0.2) is 0 Å². The highest BCUT2D eigenvalue weighted by Crippen LogP contribution is 2.16. The number of anilines is 2. The first-order chi connectivity index (χ1) is 9.67. The standard InChI is InChI=1S/C16H18N2O2/c1-12-6-8-13(9-7-12)17-11-16(19)18-14-4-3-5-15(10-14)20-2/h3-10,17H,11H2,1-2H3,(H,18,19). The smallest absolute Gasteiger partial charge is 0.243 e. The number of hydrogen-bond acceptors (Lipinski definition) is 3. The van der Waals surface area contributed by atoms with Gasteiger partial charge >= 0.3 is 0 Å². The van der Waals surface area contributed by atoms with Gasteiger partial charge in [-0.1, -0.05) is 23.8 Å². The zero-order valence-electron chi connectivity index (χ0n) is 11.6. The quantitative estimate of drug-likeness (QED) is 0.878. The van der Waals surface area contributed by atoms with Gasteiger partial charge in [0.15, 0.2) is 0 Å². The molecule has 0 unspecified atom stereocenters. The van der Waals surface area contributed by atoms with Crippen LogP contribution in [0.3, 0.4) is 0 Å². The minimum atomic E-state index is -0.0983. The van der Waals surface area contributed by atoms with Crippen LogP contribution < -0.4 is 15.4 Å². The van der Waals surface area contributed by atoms with Crippen LogP contribution >= 0.6 is 0 Å². The molecule has 2 aromatic rings. The minimum absolute atomic E-state index is 0.0983. The summed E-state index contributed by atoms with van der Waals surface area (Å²) in [5.74, 6) is 0.619. The first kappa shape index (κ1) is 13.9. The third-order valence-electron chi connectivity index (χ3n) is 2.86. The molecule has 0 aliphatic heterocycles. The van der Waals surface area contributed by atoms with Crippen LogP contribution in [-0.2, 0) is 4.79 Å².